The molecule has 2 aliphatic heterocycles. The van der Waals surface area contributed by atoms with E-state index in [9.17, 15) is 9.90 Å². The fourth-order valence-electron chi connectivity index (χ4n) is 3.87. The third-order valence-electron chi connectivity index (χ3n) is 5.63. The Hall–Kier alpha value is -3.06. The average molecular weight is 410 g/mol. The van der Waals surface area contributed by atoms with Crippen LogP contribution in [0.2, 0.25) is 0 Å². The van der Waals surface area contributed by atoms with Gasteiger partial charge in [-0.1, -0.05) is 12.1 Å². The highest BCUT2D eigenvalue weighted by atomic mass is 16.6. The van der Waals surface area contributed by atoms with Gasteiger partial charge in [0.2, 0.25) is 6.10 Å². The largest absolute Gasteiger partial charge is 0.507 e. The van der Waals surface area contributed by atoms with Crippen LogP contribution in [-0.2, 0) is 11.3 Å². The summed E-state index contributed by atoms with van der Waals surface area (Å²) in [7, 11) is 0. The lowest BCUT2D eigenvalue weighted by Gasteiger charge is -2.25. The predicted molar refractivity (Wildman–Crippen MR) is 113 cm³/mol. The van der Waals surface area contributed by atoms with Gasteiger partial charge in [0.1, 0.15) is 18.9 Å². The number of phenols is 1. The molecule has 1 saturated heterocycles. The normalized spacial score (nSPS) is 19.4. The molecule has 1 amide bonds. The SMILES string of the molecule is C/C(=N\NC(=O)[C@@H]1COc2ccccc2O1)c1ccc(O)c(C[NH+]2CCCCC2)c1. The zero-order valence-electron chi connectivity index (χ0n) is 17.2. The Morgan fingerprint density at radius 1 is 1.17 bits per heavy atom. The van der Waals surface area contributed by atoms with Crippen molar-refractivity contribution in [1.82, 2.24) is 5.43 Å². The lowest BCUT2D eigenvalue weighted by atomic mass is 10.0. The van der Waals surface area contributed by atoms with Crippen LogP contribution in [0.3, 0.4) is 0 Å². The number of nitrogens with one attached hydrogen (secondary N) is 2. The number of para-hydroxylation sites is 2. The predicted octanol–water partition coefficient (Wildman–Crippen LogP) is 1.64. The average Bonchev–Trinajstić information content (AvgIpc) is 2.79. The molecule has 2 aromatic rings. The zero-order valence-corrected chi connectivity index (χ0v) is 17.2. The number of ether oxygens (including phenoxy) is 2. The highest BCUT2D eigenvalue weighted by Crippen LogP contribution is 2.30. The topological polar surface area (TPSA) is 84.6 Å². The molecule has 1 fully saturated rings. The standard InChI is InChI=1S/C23H27N3O4/c1-16(17-9-10-19(27)18(13-17)14-26-11-5-2-6-12-26)24-25-23(28)22-15-29-20-7-3-4-8-21(20)30-22/h3-4,7-10,13,22,27H,2,5-6,11-12,14-15H2,1H3,(H,25,28)/p+1/b24-16+/t22-/m0/s1. The van der Waals surface area contributed by atoms with Crippen molar-refractivity contribution in [3.05, 3.63) is 53.6 Å². The summed E-state index contributed by atoms with van der Waals surface area (Å²) >= 11 is 0. The molecule has 7 nitrogen and oxygen atoms in total. The van der Waals surface area contributed by atoms with Crippen molar-refractivity contribution in [2.45, 2.75) is 38.8 Å². The van der Waals surface area contributed by atoms with E-state index >= 15 is 0 Å². The number of hydrogen-bond donors (Lipinski definition) is 3. The Morgan fingerprint density at radius 2 is 1.93 bits per heavy atom. The van der Waals surface area contributed by atoms with Gasteiger partial charge in [0.15, 0.2) is 11.5 Å². The molecule has 0 bridgehead atoms. The minimum Gasteiger partial charge on any atom is -0.507 e. The minimum atomic E-state index is -0.755. The van der Waals surface area contributed by atoms with Gasteiger partial charge >= 0.3 is 0 Å². The molecule has 0 aliphatic carbocycles. The van der Waals surface area contributed by atoms with E-state index in [1.54, 1.807) is 18.2 Å². The first-order valence-electron chi connectivity index (χ1n) is 10.5. The number of quaternary nitrogens is 1. The first-order chi connectivity index (χ1) is 14.6. The van der Waals surface area contributed by atoms with Gasteiger partial charge in [0, 0.05) is 5.56 Å². The smallest absolute Gasteiger partial charge is 0.284 e. The van der Waals surface area contributed by atoms with E-state index in [2.05, 4.69) is 10.5 Å². The van der Waals surface area contributed by atoms with Crippen LogP contribution in [0, 0.1) is 0 Å². The van der Waals surface area contributed by atoms with Crippen LogP contribution in [0.25, 0.3) is 0 Å². The van der Waals surface area contributed by atoms with Crippen molar-refractivity contribution in [3.63, 3.8) is 0 Å². The molecule has 0 saturated carbocycles. The van der Waals surface area contributed by atoms with Crippen molar-refractivity contribution in [3.8, 4) is 17.2 Å². The molecule has 0 aromatic heterocycles. The second kappa shape index (κ2) is 9.17. The molecular formula is C23H28N3O4+. The summed E-state index contributed by atoms with van der Waals surface area (Å²) in [6, 6.07) is 12.7. The maximum Gasteiger partial charge on any atom is 0.284 e. The zero-order chi connectivity index (χ0) is 20.9. The van der Waals surface area contributed by atoms with Crippen molar-refractivity contribution in [2.24, 2.45) is 5.10 Å². The fraction of sp³-hybridized carbons (Fsp3) is 0.391. The maximum atomic E-state index is 12.5. The third kappa shape index (κ3) is 4.74. The van der Waals surface area contributed by atoms with E-state index in [0.717, 1.165) is 30.8 Å². The van der Waals surface area contributed by atoms with Crippen molar-refractivity contribution >= 4 is 11.6 Å². The Bertz CT molecular complexity index is 938. The number of amides is 1. The summed E-state index contributed by atoms with van der Waals surface area (Å²) in [5.41, 5.74) is 5.01. The second-order valence-corrected chi connectivity index (χ2v) is 7.87. The van der Waals surface area contributed by atoms with E-state index in [0.29, 0.717) is 23.0 Å². The highest BCUT2D eigenvalue weighted by Gasteiger charge is 2.27. The lowest BCUT2D eigenvalue weighted by molar-refractivity contribution is -0.918. The molecule has 3 N–H and O–H groups in total. The number of piperidine rings is 1. The molecule has 30 heavy (non-hydrogen) atoms. The van der Waals surface area contributed by atoms with Crippen LogP contribution >= 0.6 is 0 Å². The van der Waals surface area contributed by atoms with Crippen LogP contribution in [0.4, 0.5) is 0 Å². The van der Waals surface area contributed by atoms with Crippen molar-refractivity contribution in [2.75, 3.05) is 19.7 Å². The Labute approximate surface area is 176 Å². The fourth-order valence-corrected chi connectivity index (χ4v) is 3.87. The quantitative estimate of drug-likeness (QED) is 0.517. The molecule has 7 heteroatoms. The van der Waals surface area contributed by atoms with Crippen LogP contribution in [-0.4, -0.2) is 42.5 Å². The molecule has 2 heterocycles. The number of likely N-dealkylation sites (tertiary alicyclic amines) is 1. The number of phenolic OH excluding ortho intramolecular Hbond substituents is 1. The van der Waals surface area contributed by atoms with E-state index < -0.39 is 6.10 Å². The van der Waals surface area contributed by atoms with E-state index in [-0.39, 0.29) is 12.5 Å². The summed E-state index contributed by atoms with van der Waals surface area (Å²) in [5.74, 6) is 1.13. The molecule has 2 aromatic carbocycles. The molecule has 0 radical (unpaired) electrons. The van der Waals surface area contributed by atoms with Crippen molar-refractivity contribution < 1.29 is 24.3 Å². The molecule has 2 aliphatic rings. The van der Waals surface area contributed by atoms with Gasteiger partial charge in [-0.05, 0) is 62.1 Å². The van der Waals surface area contributed by atoms with Gasteiger partial charge in [-0.15, -0.1) is 0 Å². The molecule has 0 unspecified atom stereocenters. The molecule has 0 spiro atoms. The van der Waals surface area contributed by atoms with Gasteiger partial charge in [0.25, 0.3) is 5.91 Å². The number of hydrazone groups is 1. The van der Waals surface area contributed by atoms with Gasteiger partial charge < -0.3 is 19.5 Å². The van der Waals surface area contributed by atoms with Crippen molar-refractivity contribution in [1.29, 1.82) is 0 Å². The Morgan fingerprint density at radius 3 is 2.73 bits per heavy atom. The number of carbonyl (C=O) groups excluding carboxylic acids is 1. The number of hydrogen-bond acceptors (Lipinski definition) is 5. The molecule has 4 rings (SSSR count). The van der Waals surface area contributed by atoms with E-state index in [1.807, 2.05) is 31.2 Å². The Kier molecular flexibility index (Phi) is 6.18. The lowest BCUT2D eigenvalue weighted by Crippen LogP contribution is -3.11. The summed E-state index contributed by atoms with van der Waals surface area (Å²) in [4.78, 5) is 14.0. The first-order valence-corrected chi connectivity index (χ1v) is 10.5. The number of carbonyl (C=O) groups is 1. The van der Waals surface area contributed by atoms with Crippen LogP contribution in [0.5, 0.6) is 17.2 Å². The number of benzene rings is 2. The summed E-state index contributed by atoms with van der Waals surface area (Å²) in [6.45, 7) is 5.04. The van der Waals surface area contributed by atoms with Gasteiger partial charge in [0.05, 0.1) is 18.8 Å². The number of fused-ring (bicyclic) bond motifs is 1. The molecular weight excluding hydrogens is 382 g/mol. The minimum absolute atomic E-state index is 0.138. The van der Waals surface area contributed by atoms with E-state index in [4.69, 9.17) is 9.47 Å². The first kappa shape index (κ1) is 20.2. The number of nitrogens with zero attached hydrogens (tertiary/aromatic N) is 1. The molecule has 1 atom stereocenters. The van der Waals surface area contributed by atoms with Crippen LogP contribution in [0.15, 0.2) is 47.6 Å². The second-order valence-electron chi connectivity index (χ2n) is 7.87. The molecule has 158 valence electrons. The van der Waals surface area contributed by atoms with Crippen LogP contribution in [0.1, 0.15) is 37.3 Å². The summed E-state index contributed by atoms with van der Waals surface area (Å²) in [5, 5.41) is 14.5. The van der Waals surface area contributed by atoms with Gasteiger partial charge in [-0.2, -0.15) is 5.10 Å². The summed E-state index contributed by atoms with van der Waals surface area (Å²) < 4.78 is 11.3. The van der Waals surface area contributed by atoms with Crippen LogP contribution < -0.4 is 19.8 Å². The Balaban J connectivity index is 1.39. The third-order valence-corrected chi connectivity index (χ3v) is 5.63. The monoisotopic (exact) mass is 410 g/mol. The number of rotatable bonds is 5. The summed E-state index contributed by atoms with van der Waals surface area (Å²) in [6.07, 6.45) is 3.01. The highest BCUT2D eigenvalue weighted by molar-refractivity contribution is 5.99. The maximum absolute atomic E-state index is 12.5. The number of aromatic hydroxyl groups is 1. The van der Waals surface area contributed by atoms with Gasteiger partial charge in [-0.3, -0.25) is 4.79 Å². The van der Waals surface area contributed by atoms with Gasteiger partial charge in [-0.25, -0.2) is 5.43 Å². The van der Waals surface area contributed by atoms with E-state index in [1.165, 1.54) is 24.2 Å².